The van der Waals surface area contributed by atoms with Crippen LogP contribution in [0.5, 0.6) is 0 Å². The van der Waals surface area contributed by atoms with Crippen LogP contribution in [0, 0.1) is 0 Å². The quantitative estimate of drug-likeness (QED) is 0.780. The molecule has 0 bridgehead atoms. The first kappa shape index (κ1) is 10.9. The maximum absolute atomic E-state index is 12.8. The summed E-state index contributed by atoms with van der Waals surface area (Å²) in [5, 5.41) is 10.7. The first-order valence-corrected chi connectivity index (χ1v) is 6.65. The van der Waals surface area contributed by atoms with E-state index in [0.717, 1.165) is 17.5 Å². The van der Waals surface area contributed by atoms with Crippen molar-refractivity contribution < 1.29 is 9.90 Å². The molecular weight excluding hydrogens is 236 g/mol. The van der Waals surface area contributed by atoms with Gasteiger partial charge in [-0.25, -0.2) is 0 Å². The van der Waals surface area contributed by atoms with Crippen molar-refractivity contribution in [2.24, 2.45) is 0 Å². The van der Waals surface area contributed by atoms with Crippen LogP contribution in [-0.4, -0.2) is 10.9 Å². The molecule has 0 fully saturated rings. The Balaban J connectivity index is 1.98. The zero-order valence-electron chi connectivity index (χ0n) is 10.5. The summed E-state index contributed by atoms with van der Waals surface area (Å²) in [6.07, 6.45) is 0.869. The van der Waals surface area contributed by atoms with Gasteiger partial charge in [-0.15, -0.1) is 0 Å². The first-order valence-electron chi connectivity index (χ1n) is 6.65. The molecule has 0 unspecified atom stereocenters. The molecule has 2 aromatic rings. The van der Waals surface area contributed by atoms with Gasteiger partial charge in [0.25, 0.3) is 0 Å². The van der Waals surface area contributed by atoms with Crippen molar-refractivity contribution >= 4 is 5.78 Å². The van der Waals surface area contributed by atoms with E-state index in [1.165, 1.54) is 5.56 Å². The van der Waals surface area contributed by atoms with Crippen LogP contribution in [0.2, 0.25) is 0 Å². The Morgan fingerprint density at radius 2 is 1.79 bits per heavy atom. The van der Waals surface area contributed by atoms with E-state index in [9.17, 15) is 9.90 Å². The number of hydrogen-bond donors (Lipinski definition) is 1. The molecule has 0 heterocycles. The monoisotopic (exact) mass is 250 g/mol. The molecule has 2 aromatic carbocycles. The van der Waals surface area contributed by atoms with E-state index < -0.39 is 11.5 Å². The van der Waals surface area contributed by atoms with Gasteiger partial charge < -0.3 is 5.11 Å². The van der Waals surface area contributed by atoms with E-state index in [-0.39, 0.29) is 5.78 Å². The molecule has 19 heavy (non-hydrogen) atoms. The van der Waals surface area contributed by atoms with Gasteiger partial charge in [-0.3, -0.25) is 4.79 Å². The standard InChI is InChI=1S/C17H14O2/c18-15-12-6-2-3-7-13(12)16(19)17(15)10-9-11-5-1-4-8-14(11)17/h1-8,15,18H,9-10H2/t15-,17+/m0/s1. The minimum Gasteiger partial charge on any atom is -0.387 e. The predicted octanol–water partition coefficient (Wildman–Crippen LogP) is 2.80. The van der Waals surface area contributed by atoms with E-state index in [2.05, 4.69) is 6.07 Å². The molecule has 2 atom stereocenters. The summed E-state index contributed by atoms with van der Waals surface area (Å²) in [6.45, 7) is 0. The number of aliphatic hydroxyl groups excluding tert-OH is 1. The maximum Gasteiger partial charge on any atom is 0.176 e. The summed E-state index contributed by atoms with van der Waals surface area (Å²) in [5.41, 5.74) is 2.95. The van der Waals surface area contributed by atoms with Crippen molar-refractivity contribution in [3.8, 4) is 0 Å². The smallest absolute Gasteiger partial charge is 0.176 e. The van der Waals surface area contributed by atoms with Gasteiger partial charge >= 0.3 is 0 Å². The molecule has 94 valence electrons. The average Bonchev–Trinajstić information content (AvgIpc) is 2.95. The molecule has 2 heteroatoms. The van der Waals surface area contributed by atoms with Crippen molar-refractivity contribution in [2.45, 2.75) is 24.4 Å². The van der Waals surface area contributed by atoms with Crippen LogP contribution in [0.15, 0.2) is 48.5 Å². The third kappa shape index (κ3) is 1.17. The number of carbonyl (C=O) groups is 1. The Bertz CT molecular complexity index is 689. The molecule has 2 aliphatic carbocycles. The van der Waals surface area contributed by atoms with Gasteiger partial charge in [0.1, 0.15) is 0 Å². The molecule has 0 saturated heterocycles. The van der Waals surface area contributed by atoms with E-state index in [4.69, 9.17) is 0 Å². The second-order valence-electron chi connectivity index (χ2n) is 5.45. The normalized spacial score (nSPS) is 27.6. The van der Waals surface area contributed by atoms with Crippen molar-refractivity contribution in [1.82, 2.24) is 0 Å². The van der Waals surface area contributed by atoms with Crippen molar-refractivity contribution in [3.63, 3.8) is 0 Å². The fourth-order valence-electron chi connectivity index (χ4n) is 3.73. The Labute approximate surface area is 111 Å². The molecule has 0 saturated carbocycles. The lowest BCUT2D eigenvalue weighted by atomic mass is 9.76. The predicted molar refractivity (Wildman–Crippen MR) is 72.2 cm³/mol. The summed E-state index contributed by atoms with van der Waals surface area (Å²) in [4.78, 5) is 12.8. The number of Topliss-reactive ketones (excluding diaryl/α,β-unsaturated/α-hetero) is 1. The van der Waals surface area contributed by atoms with E-state index >= 15 is 0 Å². The number of aliphatic hydroxyl groups is 1. The summed E-state index contributed by atoms with van der Waals surface area (Å²) in [6, 6.07) is 15.5. The molecule has 1 N–H and O–H groups in total. The van der Waals surface area contributed by atoms with Gasteiger partial charge in [0.05, 0.1) is 11.5 Å². The minimum absolute atomic E-state index is 0.0838. The molecule has 2 nitrogen and oxygen atoms in total. The third-order valence-electron chi connectivity index (χ3n) is 4.66. The van der Waals surface area contributed by atoms with Crippen LogP contribution in [0.25, 0.3) is 0 Å². The van der Waals surface area contributed by atoms with Gasteiger partial charge in [0.15, 0.2) is 5.78 Å². The Hall–Kier alpha value is -1.93. The van der Waals surface area contributed by atoms with Crippen LogP contribution in [0.3, 0.4) is 0 Å². The zero-order chi connectivity index (χ0) is 13.0. The fraction of sp³-hybridized carbons (Fsp3) is 0.235. The topological polar surface area (TPSA) is 37.3 Å². The second kappa shape index (κ2) is 3.55. The Morgan fingerprint density at radius 1 is 1.05 bits per heavy atom. The van der Waals surface area contributed by atoms with Crippen LogP contribution < -0.4 is 0 Å². The molecule has 0 amide bonds. The van der Waals surface area contributed by atoms with Crippen molar-refractivity contribution in [1.29, 1.82) is 0 Å². The number of rotatable bonds is 0. The van der Waals surface area contributed by atoms with E-state index in [1.807, 2.05) is 42.5 Å². The second-order valence-corrected chi connectivity index (χ2v) is 5.45. The van der Waals surface area contributed by atoms with Crippen LogP contribution >= 0.6 is 0 Å². The van der Waals surface area contributed by atoms with Gasteiger partial charge in [0.2, 0.25) is 0 Å². The molecule has 0 aromatic heterocycles. The molecular formula is C17H14O2. The van der Waals surface area contributed by atoms with Crippen molar-refractivity contribution in [2.75, 3.05) is 0 Å². The van der Waals surface area contributed by atoms with Crippen LogP contribution in [0.4, 0.5) is 0 Å². The minimum atomic E-state index is -0.736. The lowest BCUT2D eigenvalue weighted by Crippen LogP contribution is -2.34. The molecule has 0 radical (unpaired) electrons. The maximum atomic E-state index is 12.8. The number of benzene rings is 2. The lowest BCUT2D eigenvalue weighted by molar-refractivity contribution is 0.0639. The highest BCUT2D eigenvalue weighted by Crippen LogP contribution is 2.54. The molecule has 0 aliphatic heterocycles. The van der Waals surface area contributed by atoms with Crippen molar-refractivity contribution in [3.05, 3.63) is 70.8 Å². The molecule has 4 rings (SSSR count). The number of hydrogen-bond acceptors (Lipinski definition) is 2. The average molecular weight is 250 g/mol. The summed E-state index contributed by atoms with van der Waals surface area (Å²) >= 11 is 0. The van der Waals surface area contributed by atoms with Gasteiger partial charge in [0, 0.05) is 5.56 Å². The molecule has 1 spiro atoms. The Kier molecular flexibility index (Phi) is 2.04. The summed E-state index contributed by atoms with van der Waals surface area (Å²) < 4.78 is 0. The number of carbonyl (C=O) groups excluding carboxylic acids is 1. The SMILES string of the molecule is O=C1c2ccccc2[C@H](O)[C@]12CCc1ccccc12. The van der Waals surface area contributed by atoms with Gasteiger partial charge in [-0.1, -0.05) is 48.5 Å². The zero-order valence-corrected chi connectivity index (χ0v) is 10.5. The fourth-order valence-corrected chi connectivity index (χ4v) is 3.73. The highest BCUT2D eigenvalue weighted by Gasteiger charge is 2.56. The van der Waals surface area contributed by atoms with Crippen LogP contribution in [0.1, 0.15) is 39.6 Å². The highest BCUT2D eigenvalue weighted by atomic mass is 16.3. The number of aryl methyl sites for hydroxylation is 1. The van der Waals surface area contributed by atoms with Crippen LogP contribution in [-0.2, 0) is 11.8 Å². The van der Waals surface area contributed by atoms with E-state index in [0.29, 0.717) is 12.0 Å². The molecule has 2 aliphatic rings. The highest BCUT2D eigenvalue weighted by molar-refractivity contribution is 6.09. The summed E-state index contributed by atoms with van der Waals surface area (Å²) in [5.74, 6) is 0.0838. The lowest BCUT2D eigenvalue weighted by Gasteiger charge is -2.27. The number of ketones is 1. The largest absolute Gasteiger partial charge is 0.387 e. The van der Waals surface area contributed by atoms with E-state index in [1.54, 1.807) is 0 Å². The third-order valence-corrected chi connectivity index (χ3v) is 4.66. The van der Waals surface area contributed by atoms with Gasteiger partial charge in [-0.2, -0.15) is 0 Å². The first-order chi connectivity index (χ1) is 9.25. The summed E-state index contributed by atoms with van der Waals surface area (Å²) in [7, 11) is 0. The number of fused-ring (bicyclic) bond motifs is 3. The Morgan fingerprint density at radius 3 is 2.63 bits per heavy atom. The van der Waals surface area contributed by atoms with Gasteiger partial charge in [-0.05, 0) is 29.5 Å².